The van der Waals surface area contributed by atoms with Crippen molar-refractivity contribution < 1.29 is 9.53 Å². The van der Waals surface area contributed by atoms with Gasteiger partial charge in [-0.2, -0.15) is 0 Å². The molecule has 26 heavy (non-hydrogen) atoms. The molecule has 1 amide bonds. The van der Waals surface area contributed by atoms with Gasteiger partial charge < -0.3 is 10.1 Å². The number of pyridine rings is 1. The van der Waals surface area contributed by atoms with Crippen LogP contribution in [-0.2, 0) is 16.0 Å². The Hall–Kier alpha value is -2.20. The van der Waals surface area contributed by atoms with E-state index in [1.54, 1.807) is 0 Å². The molecule has 1 aliphatic carbocycles. The Bertz CT molecular complexity index is 750. The third kappa shape index (κ3) is 3.80. The molecule has 0 radical (unpaired) electrons. The van der Waals surface area contributed by atoms with Crippen LogP contribution >= 0.6 is 0 Å². The zero-order valence-corrected chi connectivity index (χ0v) is 15.1. The molecule has 2 aliphatic rings. The van der Waals surface area contributed by atoms with Gasteiger partial charge in [-0.15, -0.1) is 0 Å². The molecule has 136 valence electrons. The van der Waals surface area contributed by atoms with E-state index >= 15 is 0 Å². The first-order chi connectivity index (χ1) is 12.8. The number of ether oxygens (including phenoxy) is 1. The monoisotopic (exact) mass is 350 g/mol. The SMILES string of the molecule is O=C(NCC1CC1)C1(Cc2ccccc2-c2ccncc2)CCOCC1. The maximum atomic E-state index is 13.1. The highest BCUT2D eigenvalue weighted by Crippen LogP contribution is 2.38. The number of aromatic nitrogens is 1. The third-order valence-electron chi connectivity index (χ3n) is 5.72. The van der Waals surface area contributed by atoms with E-state index in [0.29, 0.717) is 19.1 Å². The van der Waals surface area contributed by atoms with Gasteiger partial charge in [-0.3, -0.25) is 9.78 Å². The molecule has 2 heterocycles. The molecule has 0 atom stereocenters. The summed E-state index contributed by atoms with van der Waals surface area (Å²) in [4.78, 5) is 17.3. The minimum atomic E-state index is -0.365. The van der Waals surface area contributed by atoms with Crippen molar-refractivity contribution in [2.24, 2.45) is 11.3 Å². The van der Waals surface area contributed by atoms with E-state index < -0.39 is 0 Å². The third-order valence-corrected chi connectivity index (χ3v) is 5.72. The van der Waals surface area contributed by atoms with Crippen LogP contribution in [0, 0.1) is 11.3 Å². The lowest BCUT2D eigenvalue weighted by atomic mass is 9.73. The number of rotatable bonds is 6. The fourth-order valence-electron chi connectivity index (χ4n) is 3.84. The Labute approximate surface area is 155 Å². The normalized spacial score (nSPS) is 19.1. The number of nitrogens with zero attached hydrogens (tertiary/aromatic N) is 1. The Morgan fingerprint density at radius 3 is 2.58 bits per heavy atom. The van der Waals surface area contributed by atoms with Crippen LogP contribution < -0.4 is 5.32 Å². The van der Waals surface area contributed by atoms with E-state index in [1.807, 2.05) is 24.5 Å². The highest BCUT2D eigenvalue weighted by Gasteiger charge is 2.41. The van der Waals surface area contributed by atoms with E-state index in [1.165, 1.54) is 24.0 Å². The molecule has 0 spiro atoms. The van der Waals surface area contributed by atoms with Crippen molar-refractivity contribution in [3.8, 4) is 11.1 Å². The van der Waals surface area contributed by atoms with Crippen molar-refractivity contribution >= 4 is 5.91 Å². The Balaban J connectivity index is 1.60. The van der Waals surface area contributed by atoms with Gasteiger partial charge in [0.1, 0.15) is 0 Å². The molecule has 1 saturated heterocycles. The lowest BCUT2D eigenvalue weighted by molar-refractivity contribution is -0.136. The average molecular weight is 350 g/mol. The van der Waals surface area contributed by atoms with Crippen molar-refractivity contribution in [3.63, 3.8) is 0 Å². The molecule has 1 aliphatic heterocycles. The lowest BCUT2D eigenvalue weighted by Gasteiger charge is -2.36. The Kier molecular flexibility index (Phi) is 5.02. The van der Waals surface area contributed by atoms with E-state index in [2.05, 4.69) is 34.6 Å². The first kappa shape index (κ1) is 17.2. The van der Waals surface area contributed by atoms with Gasteiger partial charge in [0.05, 0.1) is 5.41 Å². The fraction of sp³-hybridized carbons (Fsp3) is 0.455. The maximum absolute atomic E-state index is 13.1. The summed E-state index contributed by atoms with van der Waals surface area (Å²) in [5.74, 6) is 0.900. The number of carbonyl (C=O) groups is 1. The van der Waals surface area contributed by atoms with Gasteiger partial charge in [0.25, 0.3) is 0 Å². The number of amides is 1. The number of hydrogen-bond donors (Lipinski definition) is 1. The smallest absolute Gasteiger partial charge is 0.226 e. The van der Waals surface area contributed by atoms with Crippen LogP contribution in [0.15, 0.2) is 48.8 Å². The van der Waals surface area contributed by atoms with Crippen LogP contribution in [-0.4, -0.2) is 30.6 Å². The second-order valence-corrected chi connectivity index (χ2v) is 7.62. The molecule has 4 heteroatoms. The molecular formula is C22H26N2O2. The van der Waals surface area contributed by atoms with E-state index in [4.69, 9.17) is 4.74 Å². The summed E-state index contributed by atoms with van der Waals surface area (Å²) in [6, 6.07) is 12.5. The predicted octanol–water partition coefficient (Wildman–Crippen LogP) is 3.61. The predicted molar refractivity (Wildman–Crippen MR) is 102 cm³/mol. The average Bonchev–Trinajstić information content (AvgIpc) is 3.52. The van der Waals surface area contributed by atoms with Crippen molar-refractivity contribution in [2.45, 2.75) is 32.1 Å². The quantitative estimate of drug-likeness (QED) is 0.866. The first-order valence-electron chi connectivity index (χ1n) is 9.61. The first-order valence-corrected chi connectivity index (χ1v) is 9.61. The van der Waals surface area contributed by atoms with Crippen LogP contribution in [0.4, 0.5) is 0 Å². The molecule has 1 N–H and O–H groups in total. The second kappa shape index (κ2) is 7.58. The summed E-state index contributed by atoms with van der Waals surface area (Å²) in [5, 5.41) is 3.23. The van der Waals surface area contributed by atoms with Crippen molar-refractivity contribution in [1.82, 2.24) is 10.3 Å². The van der Waals surface area contributed by atoms with Crippen LogP contribution in [0.2, 0.25) is 0 Å². The van der Waals surface area contributed by atoms with Crippen LogP contribution in [0.25, 0.3) is 11.1 Å². The molecule has 2 aromatic rings. The molecule has 1 aromatic heterocycles. The minimum Gasteiger partial charge on any atom is -0.381 e. The lowest BCUT2D eigenvalue weighted by Crippen LogP contribution is -2.46. The van der Waals surface area contributed by atoms with Gasteiger partial charge in [0.2, 0.25) is 5.91 Å². The highest BCUT2D eigenvalue weighted by molar-refractivity contribution is 5.83. The summed E-state index contributed by atoms with van der Waals surface area (Å²) < 4.78 is 5.58. The zero-order valence-electron chi connectivity index (χ0n) is 15.1. The van der Waals surface area contributed by atoms with Crippen LogP contribution in [0.5, 0.6) is 0 Å². The maximum Gasteiger partial charge on any atom is 0.226 e. The molecule has 1 aromatic carbocycles. The van der Waals surface area contributed by atoms with Crippen molar-refractivity contribution in [2.75, 3.05) is 19.8 Å². The molecule has 0 bridgehead atoms. The summed E-state index contributed by atoms with van der Waals surface area (Å²) in [7, 11) is 0. The molecule has 2 fully saturated rings. The largest absolute Gasteiger partial charge is 0.381 e. The molecule has 1 saturated carbocycles. The van der Waals surface area contributed by atoms with Crippen molar-refractivity contribution in [1.29, 1.82) is 0 Å². The molecule has 0 unspecified atom stereocenters. The van der Waals surface area contributed by atoms with Crippen LogP contribution in [0.3, 0.4) is 0 Å². The second-order valence-electron chi connectivity index (χ2n) is 7.62. The van der Waals surface area contributed by atoms with Gasteiger partial charge >= 0.3 is 0 Å². The fourth-order valence-corrected chi connectivity index (χ4v) is 3.84. The van der Waals surface area contributed by atoms with E-state index in [0.717, 1.165) is 31.4 Å². The number of carbonyl (C=O) groups excluding carboxylic acids is 1. The Morgan fingerprint density at radius 2 is 1.85 bits per heavy atom. The Morgan fingerprint density at radius 1 is 1.12 bits per heavy atom. The topological polar surface area (TPSA) is 51.2 Å². The summed E-state index contributed by atoms with van der Waals surface area (Å²) in [5.41, 5.74) is 3.20. The van der Waals surface area contributed by atoms with Gasteiger partial charge in [0, 0.05) is 32.2 Å². The molecule has 4 nitrogen and oxygen atoms in total. The van der Waals surface area contributed by atoms with E-state index in [9.17, 15) is 4.79 Å². The van der Waals surface area contributed by atoms with Crippen molar-refractivity contribution in [3.05, 3.63) is 54.4 Å². The molecular weight excluding hydrogens is 324 g/mol. The number of benzene rings is 1. The highest BCUT2D eigenvalue weighted by atomic mass is 16.5. The van der Waals surface area contributed by atoms with Gasteiger partial charge in [-0.05, 0) is 66.8 Å². The molecule has 4 rings (SSSR count). The van der Waals surface area contributed by atoms with Gasteiger partial charge in [0.15, 0.2) is 0 Å². The van der Waals surface area contributed by atoms with Gasteiger partial charge in [-0.25, -0.2) is 0 Å². The number of hydrogen-bond acceptors (Lipinski definition) is 3. The summed E-state index contributed by atoms with van der Waals surface area (Å²) >= 11 is 0. The zero-order chi connectivity index (χ0) is 17.8. The van der Waals surface area contributed by atoms with Gasteiger partial charge in [-0.1, -0.05) is 24.3 Å². The standard InChI is InChI=1S/C22H26N2O2/c25-21(24-16-17-5-6-17)22(9-13-26-14-10-22)15-19-3-1-2-4-20(19)18-7-11-23-12-8-18/h1-4,7-8,11-12,17H,5-6,9-10,13-16H2,(H,24,25). The van der Waals surface area contributed by atoms with E-state index in [-0.39, 0.29) is 11.3 Å². The number of nitrogens with one attached hydrogen (secondary N) is 1. The summed E-state index contributed by atoms with van der Waals surface area (Å²) in [6.45, 7) is 2.15. The van der Waals surface area contributed by atoms with Crippen LogP contribution in [0.1, 0.15) is 31.2 Å². The minimum absolute atomic E-state index is 0.206. The summed E-state index contributed by atoms with van der Waals surface area (Å²) in [6.07, 6.45) is 8.47.